The number of carbonyl (C=O) groups is 5. The average Bonchev–Trinajstić information content (AvgIpc) is 2.82. The Kier molecular flexibility index (Phi) is 11.8. The maximum absolute atomic E-state index is 13.6. The summed E-state index contributed by atoms with van der Waals surface area (Å²) in [5, 5.41) is 10.9. The Hall–Kier alpha value is -2.47. The summed E-state index contributed by atoms with van der Waals surface area (Å²) < 4.78 is 4.90. The van der Waals surface area contributed by atoms with Crippen LogP contribution in [0.3, 0.4) is 0 Å². The van der Waals surface area contributed by atoms with Crippen LogP contribution >= 0.6 is 21.6 Å². The lowest BCUT2D eigenvalue weighted by Crippen LogP contribution is -2.61. The van der Waals surface area contributed by atoms with E-state index in [9.17, 15) is 24.0 Å². The first-order chi connectivity index (χ1) is 17.8. The molecule has 2 aliphatic rings. The number of hydrogen-bond acceptors (Lipinski definition) is 8. The second-order valence-electron chi connectivity index (χ2n) is 10.5. The lowest BCUT2D eigenvalue weighted by atomic mass is 9.98. The molecule has 0 aromatic heterocycles. The molecule has 212 valence electrons. The third-order valence-corrected chi connectivity index (χ3v) is 9.48. The molecular formula is C26H40N4O6S2. The molecule has 1 saturated heterocycles. The number of fused-ring (bicyclic) bond motifs is 7. The Bertz CT molecular complexity index is 979. The van der Waals surface area contributed by atoms with Crippen LogP contribution < -0.4 is 21.3 Å². The predicted octanol–water partition coefficient (Wildman–Crippen LogP) is 2.21. The van der Waals surface area contributed by atoms with Crippen LogP contribution in [0.25, 0.3) is 0 Å². The molecule has 12 heteroatoms. The number of allylic oxidation sites excluding steroid dienone is 2. The molecule has 0 aromatic rings. The highest BCUT2D eigenvalue weighted by Gasteiger charge is 2.40. The summed E-state index contributed by atoms with van der Waals surface area (Å²) in [5.41, 5.74) is -0.0530. The van der Waals surface area contributed by atoms with Crippen molar-refractivity contribution in [2.24, 2.45) is 11.8 Å². The molecule has 1 fully saturated rings. The molecule has 2 rings (SSSR count). The van der Waals surface area contributed by atoms with Gasteiger partial charge in [-0.1, -0.05) is 61.4 Å². The van der Waals surface area contributed by atoms with Gasteiger partial charge in [-0.3, -0.25) is 19.2 Å². The molecule has 10 nitrogen and oxygen atoms in total. The van der Waals surface area contributed by atoms with Crippen molar-refractivity contribution in [2.75, 3.05) is 5.75 Å². The van der Waals surface area contributed by atoms with E-state index in [4.69, 9.17) is 4.74 Å². The van der Waals surface area contributed by atoms with Crippen LogP contribution in [0.1, 0.15) is 61.3 Å². The molecule has 0 saturated carbocycles. The summed E-state index contributed by atoms with van der Waals surface area (Å²) in [4.78, 5) is 66.3. The maximum atomic E-state index is 13.6. The van der Waals surface area contributed by atoms with E-state index in [2.05, 4.69) is 21.3 Å². The molecule has 0 radical (unpaired) electrons. The Morgan fingerprint density at radius 2 is 1.63 bits per heavy atom. The monoisotopic (exact) mass is 568 g/mol. The van der Waals surface area contributed by atoms with Crippen LogP contribution in [0, 0.1) is 11.8 Å². The van der Waals surface area contributed by atoms with Crippen LogP contribution in [-0.4, -0.2) is 64.3 Å². The third kappa shape index (κ3) is 8.79. The number of carbonyl (C=O) groups excluding carboxylic acids is 5. The van der Waals surface area contributed by atoms with Crippen molar-refractivity contribution in [2.45, 2.75) is 90.3 Å². The van der Waals surface area contributed by atoms with Gasteiger partial charge in [0.05, 0.1) is 6.42 Å². The molecule has 0 spiro atoms. The maximum Gasteiger partial charge on any atom is 0.329 e. The SMILES string of the molecule is C/C=C1\NC(=O)[C@@H]2NC(=O)[C@@H](C(C)C)NC(=O)C[C@@H](/C=C\CCSSC2(C)C)OC(=O)[C@H](C(C)C)NC1=O. The van der Waals surface area contributed by atoms with Crippen molar-refractivity contribution in [3.8, 4) is 0 Å². The molecule has 0 aromatic carbocycles. The van der Waals surface area contributed by atoms with Crippen molar-refractivity contribution in [1.82, 2.24) is 21.3 Å². The minimum atomic E-state index is -1.04. The van der Waals surface area contributed by atoms with Crippen molar-refractivity contribution in [3.05, 3.63) is 23.9 Å². The first-order valence-electron chi connectivity index (χ1n) is 12.8. The quantitative estimate of drug-likeness (QED) is 0.172. The van der Waals surface area contributed by atoms with E-state index in [1.54, 1.807) is 40.7 Å². The summed E-state index contributed by atoms with van der Waals surface area (Å²) in [7, 11) is 2.98. The Balaban J connectivity index is 2.66. The molecule has 4 atom stereocenters. The summed E-state index contributed by atoms with van der Waals surface area (Å²) >= 11 is 0. The average molecular weight is 569 g/mol. The van der Waals surface area contributed by atoms with Gasteiger partial charge < -0.3 is 26.0 Å². The largest absolute Gasteiger partial charge is 0.456 e. The minimum Gasteiger partial charge on any atom is -0.456 e. The van der Waals surface area contributed by atoms with Gasteiger partial charge >= 0.3 is 5.97 Å². The minimum absolute atomic E-state index is 0.0530. The number of nitrogens with one attached hydrogen (secondary N) is 4. The van der Waals surface area contributed by atoms with E-state index in [0.717, 1.165) is 0 Å². The van der Waals surface area contributed by atoms with E-state index in [1.807, 2.05) is 19.9 Å². The van der Waals surface area contributed by atoms with Crippen molar-refractivity contribution in [1.29, 1.82) is 0 Å². The molecule has 2 aliphatic heterocycles. The van der Waals surface area contributed by atoms with Crippen molar-refractivity contribution >= 4 is 51.2 Å². The van der Waals surface area contributed by atoms with Crippen LogP contribution in [-0.2, 0) is 28.7 Å². The molecule has 2 heterocycles. The lowest BCUT2D eigenvalue weighted by Gasteiger charge is -2.34. The van der Waals surface area contributed by atoms with Crippen LogP contribution in [0.4, 0.5) is 0 Å². The smallest absolute Gasteiger partial charge is 0.329 e. The zero-order valence-corrected chi connectivity index (χ0v) is 24.7. The van der Waals surface area contributed by atoms with Gasteiger partial charge in [0, 0.05) is 10.5 Å². The normalized spacial score (nSPS) is 30.1. The Morgan fingerprint density at radius 3 is 2.24 bits per heavy atom. The molecule has 4 N–H and O–H groups in total. The fraction of sp³-hybridized carbons (Fsp3) is 0.654. The van der Waals surface area contributed by atoms with Crippen molar-refractivity contribution < 1.29 is 28.7 Å². The van der Waals surface area contributed by atoms with Gasteiger partial charge in [-0.15, -0.1) is 0 Å². The van der Waals surface area contributed by atoms with Crippen LogP contribution in [0.2, 0.25) is 0 Å². The molecule has 38 heavy (non-hydrogen) atoms. The number of hydrogen-bond donors (Lipinski definition) is 4. The topological polar surface area (TPSA) is 143 Å². The summed E-state index contributed by atoms with van der Waals surface area (Å²) in [5.74, 6) is -2.89. The Labute approximate surface area is 232 Å². The summed E-state index contributed by atoms with van der Waals surface area (Å²) in [6, 6.07) is -2.99. The number of rotatable bonds is 2. The predicted molar refractivity (Wildman–Crippen MR) is 150 cm³/mol. The van der Waals surface area contributed by atoms with E-state index in [1.165, 1.54) is 27.7 Å². The van der Waals surface area contributed by atoms with E-state index >= 15 is 0 Å². The molecule has 0 aliphatic carbocycles. The highest BCUT2D eigenvalue weighted by molar-refractivity contribution is 8.77. The van der Waals surface area contributed by atoms with Gasteiger partial charge in [0.25, 0.3) is 5.91 Å². The van der Waals surface area contributed by atoms with E-state index in [0.29, 0.717) is 12.2 Å². The van der Waals surface area contributed by atoms with Gasteiger partial charge in [-0.2, -0.15) is 0 Å². The first-order valence-corrected chi connectivity index (χ1v) is 15.1. The van der Waals surface area contributed by atoms with Gasteiger partial charge in [0.1, 0.15) is 29.9 Å². The zero-order valence-electron chi connectivity index (χ0n) is 23.1. The fourth-order valence-corrected chi connectivity index (χ4v) is 6.52. The van der Waals surface area contributed by atoms with E-state index < -0.39 is 58.6 Å². The summed E-state index contributed by atoms with van der Waals surface area (Å²) in [6.45, 7) is 12.4. The molecule has 2 bridgehead atoms. The molecular weight excluding hydrogens is 528 g/mol. The first kappa shape index (κ1) is 31.7. The molecule has 4 amide bonds. The van der Waals surface area contributed by atoms with Gasteiger partial charge in [-0.25, -0.2) is 4.79 Å². The Morgan fingerprint density at radius 1 is 0.974 bits per heavy atom. The zero-order chi connectivity index (χ0) is 28.6. The second kappa shape index (κ2) is 14.1. The second-order valence-corrected chi connectivity index (χ2v) is 13.6. The number of esters is 1. The van der Waals surface area contributed by atoms with Gasteiger partial charge in [0.15, 0.2) is 0 Å². The van der Waals surface area contributed by atoms with E-state index in [-0.39, 0.29) is 24.0 Å². The summed E-state index contributed by atoms with van der Waals surface area (Å²) in [6.07, 6.45) is 4.49. The lowest BCUT2D eigenvalue weighted by molar-refractivity contribution is -0.153. The standard InChI is InChI=1S/C26H40N4O6S2/c1-8-17-22(32)29-20(15(4)5)25(35)36-16-11-9-10-12-37-38-26(6,7)21(24(34)27-17)30-23(33)19(14(2)3)28-18(31)13-16/h8-9,11,14-16,19-21H,10,12-13H2,1-7H3,(H,27,34)(H,28,31)(H,29,32)(H,30,33)/b11-9-,17-8-/t16-,19-,20+,21+/m1/s1. The van der Waals surface area contributed by atoms with Crippen molar-refractivity contribution in [3.63, 3.8) is 0 Å². The van der Waals surface area contributed by atoms with Crippen LogP contribution in [0.5, 0.6) is 0 Å². The number of amides is 4. The number of ether oxygens (including phenoxy) is 1. The third-order valence-electron chi connectivity index (χ3n) is 6.15. The highest BCUT2D eigenvalue weighted by Crippen LogP contribution is 2.39. The van der Waals surface area contributed by atoms with Gasteiger partial charge in [0.2, 0.25) is 17.7 Å². The molecule has 0 unspecified atom stereocenters. The van der Waals surface area contributed by atoms with Crippen LogP contribution in [0.15, 0.2) is 23.9 Å². The highest BCUT2D eigenvalue weighted by atomic mass is 33.1. The van der Waals surface area contributed by atoms with Gasteiger partial charge in [-0.05, 0) is 45.1 Å². The fourth-order valence-electron chi connectivity index (χ4n) is 3.90.